The van der Waals surface area contributed by atoms with E-state index < -0.39 is 11.7 Å². The molecule has 0 saturated carbocycles. The summed E-state index contributed by atoms with van der Waals surface area (Å²) in [7, 11) is 0. The van der Waals surface area contributed by atoms with Gasteiger partial charge in [0.1, 0.15) is 17.5 Å². The summed E-state index contributed by atoms with van der Waals surface area (Å²) in [5.74, 6) is -0.160. The molecule has 132 valence electrons. The van der Waals surface area contributed by atoms with Crippen molar-refractivity contribution in [3.05, 3.63) is 29.8 Å². The van der Waals surface area contributed by atoms with Crippen LogP contribution >= 0.6 is 0 Å². The third kappa shape index (κ3) is 5.15. The van der Waals surface area contributed by atoms with Crippen LogP contribution in [-0.2, 0) is 4.74 Å². The van der Waals surface area contributed by atoms with Crippen LogP contribution in [0.25, 0.3) is 0 Å². The van der Waals surface area contributed by atoms with Gasteiger partial charge in [-0.1, -0.05) is 6.42 Å². The highest BCUT2D eigenvalue weighted by molar-refractivity contribution is 5.94. The zero-order valence-corrected chi connectivity index (χ0v) is 14.5. The Morgan fingerprint density at radius 1 is 1.17 bits per heavy atom. The van der Waals surface area contributed by atoms with E-state index in [1.165, 1.54) is 12.1 Å². The molecule has 1 aromatic rings. The number of aromatic hydroxyl groups is 1. The van der Waals surface area contributed by atoms with Crippen LogP contribution in [0.5, 0.6) is 5.75 Å². The Balaban J connectivity index is 2.09. The Morgan fingerprint density at radius 2 is 1.83 bits per heavy atom. The molecule has 0 spiro atoms. The van der Waals surface area contributed by atoms with Gasteiger partial charge in [0, 0.05) is 12.1 Å². The first-order valence-corrected chi connectivity index (χ1v) is 8.36. The van der Waals surface area contributed by atoms with E-state index in [1.54, 1.807) is 17.0 Å². The molecular formula is C18H26N2O4. The molecule has 1 aliphatic rings. The van der Waals surface area contributed by atoms with Crippen LogP contribution in [-0.4, -0.2) is 40.3 Å². The quantitative estimate of drug-likeness (QED) is 0.870. The smallest absolute Gasteiger partial charge is 0.411 e. The Bertz CT molecular complexity index is 578. The summed E-state index contributed by atoms with van der Waals surface area (Å²) in [6.07, 6.45) is 2.77. The molecule has 24 heavy (non-hydrogen) atoms. The average Bonchev–Trinajstić information content (AvgIpc) is 2.71. The second-order valence-electron chi connectivity index (χ2n) is 7.06. The van der Waals surface area contributed by atoms with Crippen molar-refractivity contribution in [3.63, 3.8) is 0 Å². The second-order valence-corrected chi connectivity index (χ2v) is 7.06. The second kappa shape index (κ2) is 7.55. The maximum absolute atomic E-state index is 12.5. The van der Waals surface area contributed by atoms with Gasteiger partial charge in [0.05, 0.1) is 0 Å². The fraction of sp³-hybridized carbons (Fsp3) is 0.556. The number of phenols is 1. The van der Waals surface area contributed by atoms with Gasteiger partial charge in [-0.05, 0) is 64.3 Å². The molecule has 2 rings (SSSR count). The predicted molar refractivity (Wildman–Crippen MR) is 90.8 cm³/mol. The zero-order chi connectivity index (χ0) is 17.7. The van der Waals surface area contributed by atoms with E-state index in [4.69, 9.17) is 4.74 Å². The molecule has 1 saturated heterocycles. The molecule has 1 fully saturated rings. The summed E-state index contributed by atoms with van der Waals surface area (Å²) in [5.41, 5.74) is -0.129. The van der Waals surface area contributed by atoms with Gasteiger partial charge in [-0.15, -0.1) is 0 Å². The first-order chi connectivity index (χ1) is 11.3. The molecule has 0 bridgehead atoms. The monoisotopic (exact) mass is 334 g/mol. The van der Waals surface area contributed by atoms with E-state index in [-0.39, 0.29) is 17.8 Å². The number of likely N-dealkylation sites (tertiary alicyclic amines) is 1. The van der Waals surface area contributed by atoms with Crippen LogP contribution in [0.15, 0.2) is 24.3 Å². The van der Waals surface area contributed by atoms with Crippen LogP contribution in [0.4, 0.5) is 4.79 Å². The highest BCUT2D eigenvalue weighted by Gasteiger charge is 2.30. The largest absolute Gasteiger partial charge is 0.508 e. The molecule has 1 atom stereocenters. The number of nitrogens with one attached hydrogen (secondary N) is 1. The highest BCUT2D eigenvalue weighted by atomic mass is 16.6. The van der Waals surface area contributed by atoms with Crippen LogP contribution in [0.3, 0.4) is 0 Å². The molecule has 1 heterocycles. The molecular weight excluding hydrogens is 308 g/mol. The molecule has 1 aliphatic heterocycles. The Labute approximate surface area is 142 Å². The number of hydrogen-bond acceptors (Lipinski definition) is 4. The molecule has 0 radical (unpaired) electrons. The fourth-order valence-corrected chi connectivity index (χ4v) is 2.64. The summed E-state index contributed by atoms with van der Waals surface area (Å²) < 4.78 is 5.47. The van der Waals surface area contributed by atoms with E-state index in [9.17, 15) is 14.7 Å². The van der Waals surface area contributed by atoms with E-state index in [1.807, 2.05) is 20.8 Å². The van der Waals surface area contributed by atoms with E-state index in [2.05, 4.69) is 5.32 Å². The third-order valence-corrected chi connectivity index (χ3v) is 3.81. The van der Waals surface area contributed by atoms with Gasteiger partial charge in [-0.25, -0.2) is 4.79 Å². The summed E-state index contributed by atoms with van der Waals surface area (Å²) in [6.45, 7) is 6.04. The summed E-state index contributed by atoms with van der Waals surface area (Å²) >= 11 is 0. The van der Waals surface area contributed by atoms with Crippen LogP contribution in [0, 0.1) is 0 Å². The van der Waals surface area contributed by atoms with Crippen molar-refractivity contribution in [3.8, 4) is 5.75 Å². The molecule has 6 nitrogen and oxygen atoms in total. The molecule has 2 N–H and O–H groups in total. The molecule has 2 amide bonds. The van der Waals surface area contributed by atoms with Gasteiger partial charge in [0.2, 0.25) is 0 Å². The lowest BCUT2D eigenvalue weighted by molar-refractivity contribution is 0.0135. The normalized spacial score (nSPS) is 18.6. The molecule has 0 aromatic heterocycles. The number of carbonyl (C=O) groups is 2. The van der Waals surface area contributed by atoms with Crippen molar-refractivity contribution in [1.82, 2.24) is 10.2 Å². The van der Waals surface area contributed by atoms with E-state index in [0.717, 1.165) is 19.3 Å². The number of hydrogen-bond donors (Lipinski definition) is 2. The lowest BCUT2D eigenvalue weighted by atomic mass is 10.1. The number of amides is 2. The minimum absolute atomic E-state index is 0.108. The lowest BCUT2D eigenvalue weighted by Crippen LogP contribution is -2.51. The van der Waals surface area contributed by atoms with Crippen molar-refractivity contribution in [1.29, 1.82) is 0 Å². The van der Waals surface area contributed by atoms with Crippen molar-refractivity contribution in [2.45, 2.75) is 58.2 Å². The standard InChI is InChI=1S/C18H26N2O4/c1-18(2,3)24-17(23)20-12-6-4-5-7-15(20)19-16(22)13-8-10-14(21)11-9-13/h8-11,15,21H,4-7,12H2,1-3H3,(H,19,22). The maximum Gasteiger partial charge on any atom is 0.411 e. The predicted octanol–water partition coefficient (Wildman–Crippen LogP) is 3.26. The van der Waals surface area contributed by atoms with Crippen LogP contribution in [0.1, 0.15) is 56.8 Å². The SMILES string of the molecule is CC(C)(C)OC(=O)N1CCCCCC1NC(=O)c1ccc(O)cc1. The number of nitrogens with zero attached hydrogens (tertiary/aromatic N) is 1. The Hall–Kier alpha value is -2.24. The lowest BCUT2D eigenvalue weighted by Gasteiger charge is -2.32. The Morgan fingerprint density at radius 3 is 2.46 bits per heavy atom. The Kier molecular flexibility index (Phi) is 5.70. The minimum Gasteiger partial charge on any atom is -0.508 e. The van der Waals surface area contributed by atoms with Crippen molar-refractivity contribution in [2.75, 3.05) is 6.54 Å². The average molecular weight is 334 g/mol. The first-order valence-electron chi connectivity index (χ1n) is 8.36. The molecule has 1 aromatic carbocycles. The van der Waals surface area contributed by atoms with Crippen molar-refractivity contribution >= 4 is 12.0 Å². The van der Waals surface area contributed by atoms with Crippen molar-refractivity contribution < 1.29 is 19.4 Å². The van der Waals surface area contributed by atoms with Crippen molar-refractivity contribution in [2.24, 2.45) is 0 Å². The van der Waals surface area contributed by atoms with E-state index >= 15 is 0 Å². The van der Waals surface area contributed by atoms with Gasteiger partial charge in [-0.2, -0.15) is 0 Å². The summed E-state index contributed by atoms with van der Waals surface area (Å²) in [4.78, 5) is 26.5. The molecule has 1 unspecified atom stereocenters. The van der Waals surface area contributed by atoms with Gasteiger partial charge in [-0.3, -0.25) is 9.69 Å². The number of carbonyl (C=O) groups excluding carboxylic acids is 2. The summed E-state index contributed by atoms with van der Waals surface area (Å²) in [5, 5.41) is 12.2. The van der Waals surface area contributed by atoms with E-state index in [0.29, 0.717) is 18.5 Å². The zero-order valence-electron chi connectivity index (χ0n) is 14.5. The van der Waals surface area contributed by atoms with Crippen LogP contribution in [0.2, 0.25) is 0 Å². The maximum atomic E-state index is 12.5. The molecule has 0 aliphatic carbocycles. The first kappa shape index (κ1) is 18.1. The van der Waals surface area contributed by atoms with Gasteiger partial charge in [0.15, 0.2) is 0 Å². The third-order valence-electron chi connectivity index (χ3n) is 3.81. The highest BCUT2D eigenvalue weighted by Crippen LogP contribution is 2.19. The minimum atomic E-state index is -0.575. The number of rotatable bonds is 2. The van der Waals surface area contributed by atoms with Gasteiger partial charge < -0.3 is 15.2 Å². The van der Waals surface area contributed by atoms with Crippen LogP contribution < -0.4 is 5.32 Å². The molecule has 6 heteroatoms. The van der Waals surface area contributed by atoms with Gasteiger partial charge in [0.25, 0.3) is 5.91 Å². The number of benzene rings is 1. The number of ether oxygens (including phenoxy) is 1. The topological polar surface area (TPSA) is 78.9 Å². The van der Waals surface area contributed by atoms with Gasteiger partial charge >= 0.3 is 6.09 Å². The summed E-state index contributed by atoms with van der Waals surface area (Å²) in [6, 6.07) is 6.04. The fourth-order valence-electron chi connectivity index (χ4n) is 2.64. The number of phenolic OH excluding ortho intramolecular Hbond substituents is 1.